The molecule has 0 saturated heterocycles. The molecule has 120 valence electrons. The van der Waals surface area contributed by atoms with Crippen molar-refractivity contribution in [2.75, 3.05) is 6.54 Å². The van der Waals surface area contributed by atoms with E-state index in [0.717, 1.165) is 17.7 Å². The Labute approximate surface area is 142 Å². The summed E-state index contributed by atoms with van der Waals surface area (Å²) in [5.41, 5.74) is 4.94. The second kappa shape index (κ2) is 7.55. The number of aromatic nitrogens is 1. The van der Waals surface area contributed by atoms with E-state index >= 15 is 0 Å². The van der Waals surface area contributed by atoms with Gasteiger partial charge in [-0.15, -0.1) is 0 Å². The van der Waals surface area contributed by atoms with Crippen LogP contribution in [0.15, 0.2) is 72.9 Å². The minimum atomic E-state index is -0.0890. The van der Waals surface area contributed by atoms with Crippen LogP contribution in [-0.2, 0) is 6.42 Å². The number of nitrogens with zero attached hydrogens (tertiary/aromatic N) is 1. The molecule has 1 amide bonds. The van der Waals surface area contributed by atoms with Crippen LogP contribution in [0.2, 0.25) is 0 Å². The van der Waals surface area contributed by atoms with E-state index in [1.807, 2.05) is 42.5 Å². The molecule has 1 N–H and O–H groups in total. The predicted molar refractivity (Wildman–Crippen MR) is 96.9 cm³/mol. The Balaban J connectivity index is 1.58. The first kappa shape index (κ1) is 15.9. The highest BCUT2D eigenvalue weighted by atomic mass is 16.1. The van der Waals surface area contributed by atoms with Crippen LogP contribution in [0.5, 0.6) is 0 Å². The third-order valence-corrected chi connectivity index (χ3v) is 3.92. The molecule has 3 rings (SSSR count). The maximum atomic E-state index is 12.2. The van der Waals surface area contributed by atoms with Crippen LogP contribution in [0.4, 0.5) is 0 Å². The summed E-state index contributed by atoms with van der Waals surface area (Å²) < 4.78 is 0. The fraction of sp³-hybridized carbons (Fsp3) is 0.143. The molecule has 24 heavy (non-hydrogen) atoms. The van der Waals surface area contributed by atoms with E-state index in [9.17, 15) is 4.79 Å². The number of carbonyl (C=O) groups excluding carboxylic acids is 1. The predicted octanol–water partition coefficient (Wildman–Crippen LogP) is 4.03. The number of benzene rings is 2. The second-order valence-corrected chi connectivity index (χ2v) is 5.79. The molecule has 0 aliphatic carbocycles. The van der Waals surface area contributed by atoms with Crippen molar-refractivity contribution in [3.05, 3.63) is 89.6 Å². The Morgan fingerprint density at radius 2 is 1.71 bits per heavy atom. The molecule has 3 heteroatoms. The lowest BCUT2D eigenvalue weighted by Gasteiger charge is -2.06. The minimum Gasteiger partial charge on any atom is -0.352 e. The zero-order valence-electron chi connectivity index (χ0n) is 13.7. The third kappa shape index (κ3) is 4.07. The summed E-state index contributed by atoms with van der Waals surface area (Å²) >= 11 is 0. The van der Waals surface area contributed by atoms with Crippen molar-refractivity contribution in [3.63, 3.8) is 0 Å². The van der Waals surface area contributed by atoms with Gasteiger partial charge in [-0.05, 0) is 31.0 Å². The maximum Gasteiger partial charge on any atom is 0.252 e. The highest BCUT2D eigenvalue weighted by Gasteiger charge is 2.06. The van der Waals surface area contributed by atoms with Crippen LogP contribution in [0.3, 0.4) is 0 Å². The number of amides is 1. The third-order valence-electron chi connectivity index (χ3n) is 3.92. The fourth-order valence-electron chi connectivity index (χ4n) is 2.49. The van der Waals surface area contributed by atoms with E-state index in [2.05, 4.69) is 41.5 Å². The lowest BCUT2D eigenvalue weighted by atomic mass is 10.1. The van der Waals surface area contributed by atoms with Gasteiger partial charge in [0.05, 0.1) is 11.3 Å². The monoisotopic (exact) mass is 316 g/mol. The summed E-state index contributed by atoms with van der Waals surface area (Å²) in [5, 5.41) is 2.94. The van der Waals surface area contributed by atoms with Gasteiger partial charge in [0, 0.05) is 18.3 Å². The molecular weight excluding hydrogens is 296 g/mol. The Bertz CT molecular complexity index is 794. The fourth-order valence-corrected chi connectivity index (χ4v) is 2.49. The molecule has 0 saturated carbocycles. The lowest BCUT2D eigenvalue weighted by molar-refractivity contribution is 0.0954. The zero-order chi connectivity index (χ0) is 16.8. The molecule has 0 aliphatic heterocycles. The number of nitrogens with one attached hydrogen (secondary N) is 1. The molecule has 3 nitrogen and oxygen atoms in total. The molecule has 0 atom stereocenters. The number of carbonyl (C=O) groups is 1. The van der Waals surface area contributed by atoms with E-state index in [0.29, 0.717) is 12.1 Å². The minimum absolute atomic E-state index is 0.0890. The van der Waals surface area contributed by atoms with Crippen molar-refractivity contribution in [3.8, 4) is 11.3 Å². The molecular formula is C21H20N2O. The number of aryl methyl sites for hydroxylation is 1. The van der Waals surface area contributed by atoms with Gasteiger partial charge in [-0.3, -0.25) is 9.78 Å². The molecule has 0 bridgehead atoms. The molecule has 0 radical (unpaired) electrons. The smallest absolute Gasteiger partial charge is 0.252 e. The maximum absolute atomic E-state index is 12.2. The molecule has 1 aromatic heterocycles. The van der Waals surface area contributed by atoms with Gasteiger partial charge < -0.3 is 5.32 Å². The number of rotatable bonds is 5. The van der Waals surface area contributed by atoms with Gasteiger partial charge in [0.2, 0.25) is 0 Å². The molecule has 2 aromatic carbocycles. The standard InChI is InChI=1S/C21H20N2O/c1-16-7-9-18(10-8-16)20-12-11-19(15-23-20)21(24)22-14-13-17-5-3-2-4-6-17/h2-12,15H,13-14H2,1H3,(H,22,24). The van der Waals surface area contributed by atoms with Crippen LogP contribution in [0.25, 0.3) is 11.3 Å². The largest absolute Gasteiger partial charge is 0.352 e. The first-order chi connectivity index (χ1) is 11.7. The van der Waals surface area contributed by atoms with Crippen molar-refractivity contribution >= 4 is 5.91 Å². The van der Waals surface area contributed by atoms with Crippen molar-refractivity contribution in [2.45, 2.75) is 13.3 Å². The number of hydrogen-bond donors (Lipinski definition) is 1. The Hall–Kier alpha value is -2.94. The van der Waals surface area contributed by atoms with E-state index in [1.165, 1.54) is 11.1 Å². The van der Waals surface area contributed by atoms with Crippen LogP contribution < -0.4 is 5.32 Å². The molecule has 0 unspecified atom stereocenters. The Kier molecular flexibility index (Phi) is 5.02. The molecule has 1 heterocycles. The number of pyridine rings is 1. The Morgan fingerprint density at radius 3 is 2.38 bits per heavy atom. The average molecular weight is 316 g/mol. The van der Waals surface area contributed by atoms with Crippen LogP contribution in [0.1, 0.15) is 21.5 Å². The topological polar surface area (TPSA) is 42.0 Å². The summed E-state index contributed by atoms with van der Waals surface area (Å²) in [7, 11) is 0. The summed E-state index contributed by atoms with van der Waals surface area (Å²) in [4.78, 5) is 16.6. The summed E-state index contributed by atoms with van der Waals surface area (Å²) in [6.45, 7) is 2.67. The second-order valence-electron chi connectivity index (χ2n) is 5.79. The molecule has 0 fully saturated rings. The number of hydrogen-bond acceptors (Lipinski definition) is 2. The summed E-state index contributed by atoms with van der Waals surface area (Å²) in [6, 6.07) is 22.0. The van der Waals surface area contributed by atoms with E-state index < -0.39 is 0 Å². The van der Waals surface area contributed by atoms with E-state index in [-0.39, 0.29) is 5.91 Å². The van der Waals surface area contributed by atoms with Crippen LogP contribution >= 0.6 is 0 Å². The van der Waals surface area contributed by atoms with Crippen molar-refractivity contribution < 1.29 is 4.79 Å². The molecule has 0 aliphatic rings. The molecule has 3 aromatic rings. The van der Waals surface area contributed by atoms with Crippen LogP contribution in [0, 0.1) is 6.92 Å². The lowest BCUT2D eigenvalue weighted by Crippen LogP contribution is -2.25. The average Bonchev–Trinajstić information content (AvgIpc) is 2.63. The highest BCUT2D eigenvalue weighted by Crippen LogP contribution is 2.17. The van der Waals surface area contributed by atoms with Gasteiger partial charge in [0.1, 0.15) is 0 Å². The summed E-state index contributed by atoms with van der Waals surface area (Å²) in [6.07, 6.45) is 2.45. The summed E-state index contributed by atoms with van der Waals surface area (Å²) in [5.74, 6) is -0.0890. The van der Waals surface area contributed by atoms with E-state index in [1.54, 1.807) is 6.20 Å². The zero-order valence-corrected chi connectivity index (χ0v) is 13.7. The van der Waals surface area contributed by atoms with Gasteiger partial charge in [0.25, 0.3) is 5.91 Å². The van der Waals surface area contributed by atoms with Crippen LogP contribution in [-0.4, -0.2) is 17.4 Å². The van der Waals surface area contributed by atoms with Crippen molar-refractivity contribution in [1.82, 2.24) is 10.3 Å². The first-order valence-corrected chi connectivity index (χ1v) is 8.07. The van der Waals surface area contributed by atoms with Crippen molar-refractivity contribution in [1.29, 1.82) is 0 Å². The SMILES string of the molecule is Cc1ccc(-c2ccc(C(=O)NCCc3ccccc3)cn2)cc1. The van der Waals surface area contributed by atoms with Gasteiger partial charge in [-0.25, -0.2) is 0 Å². The van der Waals surface area contributed by atoms with Gasteiger partial charge >= 0.3 is 0 Å². The van der Waals surface area contributed by atoms with Gasteiger partial charge in [-0.2, -0.15) is 0 Å². The molecule has 0 spiro atoms. The van der Waals surface area contributed by atoms with E-state index in [4.69, 9.17) is 0 Å². The quantitative estimate of drug-likeness (QED) is 0.772. The highest BCUT2D eigenvalue weighted by molar-refractivity contribution is 5.94. The Morgan fingerprint density at radius 1 is 0.958 bits per heavy atom. The van der Waals surface area contributed by atoms with Crippen molar-refractivity contribution in [2.24, 2.45) is 0 Å². The van der Waals surface area contributed by atoms with Gasteiger partial charge in [0.15, 0.2) is 0 Å². The van der Waals surface area contributed by atoms with Gasteiger partial charge in [-0.1, -0.05) is 60.2 Å². The first-order valence-electron chi connectivity index (χ1n) is 8.07. The normalized spacial score (nSPS) is 10.4.